The average molecular weight is 539 g/mol. The van der Waals surface area contributed by atoms with Gasteiger partial charge in [0, 0.05) is 51.1 Å². The molecule has 1 fully saturated rings. The predicted octanol–water partition coefficient (Wildman–Crippen LogP) is 3.39. The molecule has 0 atom stereocenters. The molecule has 168 valence electrons. The highest BCUT2D eigenvalue weighted by Crippen LogP contribution is 2.20. The van der Waals surface area contributed by atoms with E-state index in [1.807, 2.05) is 43.4 Å². The van der Waals surface area contributed by atoms with Gasteiger partial charge < -0.3 is 24.6 Å². The quantitative estimate of drug-likeness (QED) is 0.345. The average Bonchev–Trinajstić information content (AvgIpc) is 2.81. The van der Waals surface area contributed by atoms with Crippen LogP contribution in [0.2, 0.25) is 0 Å². The number of anilines is 2. The van der Waals surface area contributed by atoms with Crippen LogP contribution in [-0.2, 0) is 11.3 Å². The Kier molecular flexibility index (Phi) is 9.70. The van der Waals surface area contributed by atoms with Gasteiger partial charge in [0.05, 0.1) is 14.2 Å². The van der Waals surface area contributed by atoms with Crippen molar-refractivity contribution in [2.45, 2.75) is 6.54 Å². The van der Waals surface area contributed by atoms with E-state index in [1.54, 1.807) is 7.11 Å². The molecule has 31 heavy (non-hydrogen) atoms. The normalized spacial score (nSPS) is 13.8. The first kappa shape index (κ1) is 24.6. The number of nitrogens with one attached hydrogen (secondary N) is 2. The van der Waals surface area contributed by atoms with Gasteiger partial charge in [0.1, 0.15) is 5.75 Å². The van der Waals surface area contributed by atoms with Crippen molar-refractivity contribution in [2.24, 2.45) is 4.99 Å². The number of ether oxygens (including phenoxy) is 2. The molecule has 9 heteroatoms. The van der Waals surface area contributed by atoms with Crippen LogP contribution >= 0.6 is 24.0 Å². The highest BCUT2D eigenvalue weighted by atomic mass is 127. The lowest BCUT2D eigenvalue weighted by Crippen LogP contribution is -2.52. The van der Waals surface area contributed by atoms with Crippen LogP contribution < -0.4 is 20.3 Å². The number of aliphatic imine (C=N–C) groups is 1. The summed E-state index contributed by atoms with van der Waals surface area (Å²) in [6, 6.07) is 15.8. The second-order valence-corrected chi connectivity index (χ2v) is 6.89. The molecule has 0 aliphatic carbocycles. The maximum Gasteiger partial charge on any atom is 0.411 e. The van der Waals surface area contributed by atoms with Crippen molar-refractivity contribution in [3.8, 4) is 5.75 Å². The molecule has 0 bridgehead atoms. The van der Waals surface area contributed by atoms with Gasteiger partial charge in [-0.25, -0.2) is 4.79 Å². The number of nitrogens with zero attached hydrogens (tertiary/aromatic N) is 3. The molecule has 2 aromatic rings. The van der Waals surface area contributed by atoms with Crippen molar-refractivity contribution < 1.29 is 14.3 Å². The smallest absolute Gasteiger partial charge is 0.411 e. The second kappa shape index (κ2) is 12.2. The number of hydrogen-bond donors (Lipinski definition) is 2. The minimum atomic E-state index is -0.477. The Morgan fingerprint density at radius 3 is 2.19 bits per heavy atom. The van der Waals surface area contributed by atoms with Crippen LogP contribution in [-0.4, -0.2) is 64.4 Å². The number of piperazine rings is 1. The van der Waals surface area contributed by atoms with Gasteiger partial charge in [0.2, 0.25) is 0 Å². The van der Waals surface area contributed by atoms with Crippen LogP contribution in [0.4, 0.5) is 16.2 Å². The molecule has 0 saturated carbocycles. The lowest BCUT2D eigenvalue weighted by atomic mass is 10.2. The predicted molar refractivity (Wildman–Crippen MR) is 135 cm³/mol. The fourth-order valence-electron chi connectivity index (χ4n) is 3.36. The maximum absolute atomic E-state index is 11.3. The van der Waals surface area contributed by atoms with E-state index in [0.717, 1.165) is 43.5 Å². The van der Waals surface area contributed by atoms with Crippen molar-refractivity contribution in [1.29, 1.82) is 0 Å². The first-order chi connectivity index (χ1) is 14.6. The van der Waals surface area contributed by atoms with Gasteiger partial charge in [-0.2, -0.15) is 0 Å². The van der Waals surface area contributed by atoms with Crippen molar-refractivity contribution in [3.63, 3.8) is 0 Å². The van der Waals surface area contributed by atoms with Gasteiger partial charge in [-0.15, -0.1) is 24.0 Å². The molecule has 2 aromatic carbocycles. The Labute approximate surface area is 200 Å². The summed E-state index contributed by atoms with van der Waals surface area (Å²) in [7, 11) is 4.83. The summed E-state index contributed by atoms with van der Waals surface area (Å²) in [5.74, 6) is 1.76. The van der Waals surface area contributed by atoms with Gasteiger partial charge >= 0.3 is 6.09 Å². The molecule has 2 N–H and O–H groups in total. The lowest BCUT2D eigenvalue weighted by Gasteiger charge is -2.37. The van der Waals surface area contributed by atoms with Crippen LogP contribution in [0.15, 0.2) is 53.5 Å². The largest absolute Gasteiger partial charge is 0.497 e. The molecule has 0 unspecified atom stereocenters. The van der Waals surface area contributed by atoms with Crippen LogP contribution in [0.3, 0.4) is 0 Å². The van der Waals surface area contributed by atoms with Gasteiger partial charge in [0.25, 0.3) is 0 Å². The molecule has 0 spiro atoms. The molecule has 0 aromatic heterocycles. The standard InChI is InChI=1S/C22H29N5O3.HI/c1-23-21(24-16-17-4-6-18(7-5-17)25-22(28)30-3)27-14-12-26(13-15-27)19-8-10-20(29-2)11-9-19;/h4-11H,12-16H2,1-3H3,(H,23,24)(H,25,28);1H. The van der Waals surface area contributed by atoms with Gasteiger partial charge in [0.15, 0.2) is 5.96 Å². The van der Waals surface area contributed by atoms with Crippen molar-refractivity contribution in [3.05, 3.63) is 54.1 Å². The van der Waals surface area contributed by atoms with E-state index in [9.17, 15) is 4.79 Å². The lowest BCUT2D eigenvalue weighted by molar-refractivity contribution is 0.187. The number of carbonyl (C=O) groups excluding carboxylic acids is 1. The third kappa shape index (κ3) is 6.91. The molecule has 1 amide bonds. The monoisotopic (exact) mass is 539 g/mol. The number of hydrogen-bond acceptors (Lipinski definition) is 5. The highest BCUT2D eigenvalue weighted by molar-refractivity contribution is 14.0. The molecule has 1 aliphatic heterocycles. The SMILES string of the molecule is CN=C(NCc1ccc(NC(=O)OC)cc1)N1CCN(c2ccc(OC)cc2)CC1.I. The Bertz CT molecular complexity index is 850. The van der Waals surface area contributed by atoms with E-state index < -0.39 is 6.09 Å². The first-order valence-electron chi connectivity index (χ1n) is 9.91. The molecular weight excluding hydrogens is 509 g/mol. The van der Waals surface area contributed by atoms with E-state index in [0.29, 0.717) is 12.2 Å². The summed E-state index contributed by atoms with van der Waals surface area (Å²) in [4.78, 5) is 20.3. The third-order valence-electron chi connectivity index (χ3n) is 5.06. The molecule has 1 aliphatic rings. The fraction of sp³-hybridized carbons (Fsp3) is 0.364. The fourth-order valence-corrected chi connectivity index (χ4v) is 3.36. The summed E-state index contributed by atoms with van der Waals surface area (Å²) in [6.45, 7) is 4.31. The Balaban J connectivity index is 0.00000341. The summed E-state index contributed by atoms with van der Waals surface area (Å²) in [5.41, 5.74) is 3.01. The summed E-state index contributed by atoms with van der Waals surface area (Å²) in [5, 5.41) is 6.07. The Morgan fingerprint density at radius 1 is 1.00 bits per heavy atom. The maximum atomic E-state index is 11.3. The number of halogens is 1. The van der Waals surface area contributed by atoms with Gasteiger partial charge in [-0.1, -0.05) is 12.1 Å². The van der Waals surface area contributed by atoms with Crippen molar-refractivity contribution in [1.82, 2.24) is 10.2 Å². The van der Waals surface area contributed by atoms with E-state index in [2.05, 4.69) is 42.3 Å². The van der Waals surface area contributed by atoms with Gasteiger partial charge in [-0.05, 0) is 42.0 Å². The third-order valence-corrected chi connectivity index (χ3v) is 5.06. The van der Waals surface area contributed by atoms with Crippen LogP contribution in [0.1, 0.15) is 5.56 Å². The topological polar surface area (TPSA) is 78.4 Å². The minimum absolute atomic E-state index is 0. The zero-order valence-corrected chi connectivity index (χ0v) is 20.5. The van der Waals surface area contributed by atoms with Crippen molar-refractivity contribution >= 4 is 47.4 Å². The molecule has 8 nitrogen and oxygen atoms in total. The van der Waals surface area contributed by atoms with E-state index >= 15 is 0 Å². The van der Waals surface area contributed by atoms with Crippen LogP contribution in [0.25, 0.3) is 0 Å². The Morgan fingerprint density at radius 2 is 1.65 bits per heavy atom. The first-order valence-corrected chi connectivity index (χ1v) is 9.91. The summed E-state index contributed by atoms with van der Waals surface area (Å²) < 4.78 is 9.84. The summed E-state index contributed by atoms with van der Waals surface area (Å²) >= 11 is 0. The molecule has 0 radical (unpaired) electrons. The molecule has 3 rings (SSSR count). The molecular formula is C22H30IN5O3. The highest BCUT2D eigenvalue weighted by Gasteiger charge is 2.19. The molecule has 1 saturated heterocycles. The zero-order valence-electron chi connectivity index (χ0n) is 18.1. The molecule has 1 heterocycles. The second-order valence-electron chi connectivity index (χ2n) is 6.89. The number of guanidine groups is 1. The van der Waals surface area contributed by atoms with Crippen molar-refractivity contribution in [2.75, 3.05) is 57.7 Å². The van der Waals surface area contributed by atoms with E-state index in [-0.39, 0.29) is 24.0 Å². The number of rotatable bonds is 5. The van der Waals surface area contributed by atoms with Crippen LogP contribution in [0.5, 0.6) is 5.75 Å². The van der Waals surface area contributed by atoms with Crippen LogP contribution in [0, 0.1) is 0 Å². The summed E-state index contributed by atoms with van der Waals surface area (Å²) in [6.07, 6.45) is -0.477. The van der Waals surface area contributed by atoms with E-state index in [1.165, 1.54) is 12.8 Å². The van der Waals surface area contributed by atoms with Gasteiger partial charge in [-0.3, -0.25) is 10.3 Å². The zero-order chi connectivity index (χ0) is 21.3. The van der Waals surface area contributed by atoms with E-state index in [4.69, 9.17) is 4.74 Å². The number of amides is 1. The number of carbonyl (C=O) groups is 1. The number of methoxy groups -OCH3 is 2. The minimum Gasteiger partial charge on any atom is -0.497 e. The number of benzene rings is 2. The Hall–Kier alpha value is -2.69.